The van der Waals surface area contributed by atoms with Crippen molar-refractivity contribution in [1.29, 1.82) is 0 Å². The molecule has 0 amide bonds. The minimum absolute atomic E-state index is 0.256. The third kappa shape index (κ3) is 6.30. The fourth-order valence-corrected chi connectivity index (χ4v) is 3.07. The first-order chi connectivity index (χ1) is 11.6. The van der Waals surface area contributed by atoms with E-state index >= 15 is 0 Å². The van der Waals surface area contributed by atoms with Crippen LogP contribution in [-0.4, -0.2) is 58.6 Å². The lowest BCUT2D eigenvalue weighted by Crippen LogP contribution is -2.45. The van der Waals surface area contributed by atoms with Crippen molar-refractivity contribution >= 4 is 16.0 Å². The Hall–Kier alpha value is -1.64. The van der Waals surface area contributed by atoms with Crippen molar-refractivity contribution in [1.82, 2.24) is 14.9 Å². The first kappa shape index (κ1) is 21.4. The van der Waals surface area contributed by atoms with Crippen molar-refractivity contribution in [3.8, 4) is 0 Å². The maximum atomic E-state index is 12.4. The largest absolute Gasteiger partial charge is 0.377 e. The van der Waals surface area contributed by atoms with Crippen LogP contribution in [-0.2, 0) is 21.3 Å². The highest BCUT2D eigenvalue weighted by Gasteiger charge is 2.21. The first-order valence-electron chi connectivity index (χ1n) is 8.22. The molecule has 0 aliphatic heterocycles. The van der Waals surface area contributed by atoms with Gasteiger partial charge in [-0.2, -0.15) is 0 Å². The molecule has 0 fully saturated rings. The van der Waals surface area contributed by atoms with E-state index in [1.807, 2.05) is 26.8 Å². The fourth-order valence-electron chi connectivity index (χ4n) is 1.96. The number of nitrogens with zero attached hydrogens (tertiary/aromatic N) is 2. The molecular formula is C17H30N4O3S. The zero-order valence-electron chi connectivity index (χ0n) is 16.0. The molecule has 142 valence electrons. The van der Waals surface area contributed by atoms with Crippen LogP contribution < -0.4 is 10.6 Å². The summed E-state index contributed by atoms with van der Waals surface area (Å²) < 4.78 is 31.5. The average Bonchev–Trinajstić information content (AvgIpc) is 2.57. The number of rotatable bonds is 8. The molecule has 0 spiro atoms. The van der Waals surface area contributed by atoms with E-state index in [0.717, 1.165) is 0 Å². The third-order valence-corrected chi connectivity index (χ3v) is 5.63. The van der Waals surface area contributed by atoms with Crippen LogP contribution in [0.2, 0.25) is 0 Å². The number of nitrogens with one attached hydrogen (secondary N) is 2. The number of ether oxygens (including phenoxy) is 1. The van der Waals surface area contributed by atoms with E-state index in [2.05, 4.69) is 15.6 Å². The van der Waals surface area contributed by atoms with E-state index in [-0.39, 0.29) is 17.0 Å². The molecule has 7 nitrogen and oxygen atoms in total. The number of hydrogen-bond acceptors (Lipinski definition) is 4. The van der Waals surface area contributed by atoms with E-state index < -0.39 is 10.0 Å². The molecule has 0 atom stereocenters. The molecule has 0 bridgehead atoms. The average molecular weight is 371 g/mol. The summed E-state index contributed by atoms with van der Waals surface area (Å²) in [5, 5.41) is 6.37. The van der Waals surface area contributed by atoms with E-state index in [9.17, 15) is 8.42 Å². The zero-order chi connectivity index (χ0) is 19.1. The molecule has 1 aromatic rings. The molecule has 0 saturated heterocycles. The van der Waals surface area contributed by atoms with Crippen LogP contribution in [0.5, 0.6) is 0 Å². The summed E-state index contributed by atoms with van der Waals surface area (Å²) >= 11 is 0. The predicted molar refractivity (Wildman–Crippen MR) is 101 cm³/mol. The number of methoxy groups -OCH3 is 1. The smallest absolute Gasteiger partial charge is 0.242 e. The summed E-state index contributed by atoms with van der Waals surface area (Å²) in [6, 6.07) is 6.92. The van der Waals surface area contributed by atoms with E-state index in [1.54, 1.807) is 25.3 Å². The lowest BCUT2D eigenvalue weighted by Gasteiger charge is -2.24. The topological polar surface area (TPSA) is 83.0 Å². The Morgan fingerprint density at radius 1 is 1.24 bits per heavy atom. The second-order valence-corrected chi connectivity index (χ2v) is 8.53. The minimum Gasteiger partial charge on any atom is -0.377 e. The highest BCUT2D eigenvalue weighted by molar-refractivity contribution is 7.89. The quantitative estimate of drug-likeness (QED) is 0.534. The molecule has 8 heteroatoms. The Morgan fingerprint density at radius 2 is 1.88 bits per heavy atom. The maximum Gasteiger partial charge on any atom is 0.242 e. The van der Waals surface area contributed by atoms with Crippen molar-refractivity contribution in [2.75, 3.05) is 34.3 Å². The summed E-state index contributed by atoms with van der Waals surface area (Å²) in [6.07, 6.45) is 0. The van der Waals surface area contributed by atoms with Crippen LogP contribution >= 0.6 is 0 Å². The first-order valence-corrected chi connectivity index (χ1v) is 9.66. The van der Waals surface area contributed by atoms with Gasteiger partial charge in [0.05, 0.1) is 17.0 Å². The molecule has 0 unspecified atom stereocenters. The summed E-state index contributed by atoms with van der Waals surface area (Å²) in [7, 11) is 1.20. The van der Waals surface area contributed by atoms with Crippen molar-refractivity contribution in [3.63, 3.8) is 0 Å². The highest BCUT2D eigenvalue weighted by Crippen LogP contribution is 2.19. The summed E-state index contributed by atoms with van der Waals surface area (Å²) in [5.74, 6) is 0.615. The van der Waals surface area contributed by atoms with Gasteiger partial charge in [-0.05, 0) is 32.4 Å². The maximum absolute atomic E-state index is 12.4. The molecule has 1 aromatic carbocycles. The van der Waals surface area contributed by atoms with Gasteiger partial charge in [0.15, 0.2) is 5.96 Å². The number of benzene rings is 1. The molecule has 0 aliphatic rings. The number of hydrogen-bond donors (Lipinski definition) is 2. The van der Waals surface area contributed by atoms with Gasteiger partial charge in [0.1, 0.15) is 0 Å². The normalized spacial score (nSPS) is 13.2. The van der Waals surface area contributed by atoms with Crippen LogP contribution in [0.15, 0.2) is 34.2 Å². The molecule has 0 heterocycles. The standard InChI is InChI=1S/C17H30N4O3S/c1-7-18-16(20-13-17(2,3)24-6)19-12-14-10-8-9-11-15(14)25(22,23)21(4)5/h8-11H,7,12-13H2,1-6H3,(H2,18,19,20). The Kier molecular flexibility index (Phi) is 7.85. The summed E-state index contributed by atoms with van der Waals surface area (Å²) in [5.41, 5.74) is 0.321. The van der Waals surface area contributed by atoms with Gasteiger partial charge in [0.25, 0.3) is 0 Å². The fraction of sp³-hybridized carbons (Fsp3) is 0.588. The van der Waals surface area contributed by atoms with Crippen molar-refractivity contribution < 1.29 is 13.2 Å². The SMILES string of the molecule is CCNC(=NCc1ccccc1S(=O)(=O)N(C)C)NCC(C)(C)OC. The Balaban J connectivity index is 3.01. The molecule has 1 rings (SSSR count). The van der Waals surface area contributed by atoms with Crippen molar-refractivity contribution in [3.05, 3.63) is 29.8 Å². The van der Waals surface area contributed by atoms with Gasteiger partial charge in [-0.15, -0.1) is 0 Å². The van der Waals surface area contributed by atoms with Gasteiger partial charge in [0.2, 0.25) is 10.0 Å². The number of aliphatic imine (C=N–C) groups is 1. The minimum atomic E-state index is -3.50. The van der Waals surface area contributed by atoms with Gasteiger partial charge in [0, 0.05) is 34.3 Å². The molecule has 0 aliphatic carbocycles. The Morgan fingerprint density at radius 3 is 2.44 bits per heavy atom. The van der Waals surface area contributed by atoms with Gasteiger partial charge in [-0.3, -0.25) is 0 Å². The van der Waals surface area contributed by atoms with Gasteiger partial charge < -0.3 is 15.4 Å². The summed E-state index contributed by atoms with van der Waals surface area (Å²) in [6.45, 7) is 7.46. The van der Waals surface area contributed by atoms with Crippen LogP contribution in [0.4, 0.5) is 0 Å². The van der Waals surface area contributed by atoms with Crippen molar-refractivity contribution in [2.24, 2.45) is 4.99 Å². The number of sulfonamides is 1. The molecule has 0 saturated carbocycles. The van der Waals surface area contributed by atoms with E-state index in [1.165, 1.54) is 18.4 Å². The van der Waals surface area contributed by atoms with Gasteiger partial charge in [-0.1, -0.05) is 18.2 Å². The van der Waals surface area contributed by atoms with Crippen molar-refractivity contribution in [2.45, 2.75) is 37.8 Å². The Labute approximate surface area is 151 Å². The predicted octanol–water partition coefficient (Wildman–Crippen LogP) is 1.42. The monoisotopic (exact) mass is 370 g/mol. The lowest BCUT2D eigenvalue weighted by atomic mass is 10.1. The molecule has 25 heavy (non-hydrogen) atoms. The van der Waals surface area contributed by atoms with Crippen LogP contribution in [0.25, 0.3) is 0 Å². The Bertz CT molecular complexity index is 685. The van der Waals surface area contributed by atoms with Crippen LogP contribution in [0.1, 0.15) is 26.3 Å². The van der Waals surface area contributed by atoms with Crippen LogP contribution in [0, 0.1) is 0 Å². The van der Waals surface area contributed by atoms with Crippen LogP contribution in [0.3, 0.4) is 0 Å². The zero-order valence-corrected chi connectivity index (χ0v) is 16.8. The van der Waals surface area contributed by atoms with Gasteiger partial charge in [-0.25, -0.2) is 17.7 Å². The lowest BCUT2D eigenvalue weighted by molar-refractivity contribution is 0.0268. The number of guanidine groups is 1. The molecule has 2 N–H and O–H groups in total. The highest BCUT2D eigenvalue weighted by atomic mass is 32.2. The second kappa shape index (κ2) is 9.17. The molecule has 0 radical (unpaired) electrons. The third-order valence-electron chi connectivity index (χ3n) is 3.72. The van der Waals surface area contributed by atoms with E-state index in [4.69, 9.17) is 4.74 Å². The molecular weight excluding hydrogens is 340 g/mol. The van der Waals surface area contributed by atoms with Gasteiger partial charge >= 0.3 is 0 Å². The molecule has 0 aromatic heterocycles. The van der Waals surface area contributed by atoms with E-state index in [0.29, 0.717) is 24.6 Å². The second-order valence-electron chi connectivity index (χ2n) is 6.41. The summed E-state index contributed by atoms with van der Waals surface area (Å²) in [4.78, 5) is 4.79.